The summed E-state index contributed by atoms with van der Waals surface area (Å²) in [7, 11) is 0. The van der Waals surface area contributed by atoms with Crippen LogP contribution in [0.4, 0.5) is 0 Å². The lowest BCUT2D eigenvalue weighted by atomic mass is 10.0. The van der Waals surface area contributed by atoms with Gasteiger partial charge in [0.05, 0.1) is 12.6 Å². The van der Waals surface area contributed by atoms with Crippen LogP contribution in [0.2, 0.25) is 0 Å². The first-order chi connectivity index (χ1) is 15.3. The number of para-hydroxylation sites is 1. The molecule has 1 aromatic heterocycles. The molecule has 0 radical (unpaired) electrons. The zero-order valence-corrected chi connectivity index (χ0v) is 17.4. The smallest absolute Gasteiger partial charge is 0.178 e. The first kappa shape index (κ1) is 18.6. The second-order valence-electron chi connectivity index (χ2n) is 8.56. The number of ketones is 1. The highest BCUT2D eigenvalue weighted by atomic mass is 16.1. The minimum atomic E-state index is 0.197. The predicted molar refractivity (Wildman–Crippen MR) is 124 cm³/mol. The molecule has 0 amide bonds. The number of carbonyl (C=O) groups excluding carboxylic acids is 1. The number of hydrogen-bond donors (Lipinski definition) is 1. The molecule has 3 aromatic carbocycles. The molecule has 1 saturated heterocycles. The first-order valence-electron chi connectivity index (χ1n) is 11.0. The van der Waals surface area contributed by atoms with Crippen LogP contribution in [-0.4, -0.2) is 53.3 Å². The fourth-order valence-corrected chi connectivity index (χ4v) is 5.29. The number of nitrogens with one attached hydrogen (secondary N) is 1. The summed E-state index contributed by atoms with van der Waals surface area (Å²) in [6.45, 7) is 4.24. The van der Waals surface area contributed by atoms with Crippen LogP contribution < -0.4 is 0 Å². The van der Waals surface area contributed by atoms with Crippen molar-refractivity contribution in [1.29, 1.82) is 0 Å². The lowest BCUT2D eigenvalue weighted by Gasteiger charge is -2.38. The van der Waals surface area contributed by atoms with Gasteiger partial charge >= 0.3 is 0 Å². The molecule has 1 aliphatic heterocycles. The monoisotopic (exact) mass is 407 g/mol. The van der Waals surface area contributed by atoms with E-state index in [0.717, 1.165) is 42.6 Å². The van der Waals surface area contributed by atoms with Crippen LogP contribution in [0, 0.1) is 0 Å². The van der Waals surface area contributed by atoms with Gasteiger partial charge in [0.25, 0.3) is 0 Å². The van der Waals surface area contributed by atoms with E-state index >= 15 is 0 Å². The summed E-state index contributed by atoms with van der Waals surface area (Å²) < 4.78 is 0. The Labute approximate surface area is 182 Å². The Kier molecular flexibility index (Phi) is 4.48. The van der Waals surface area contributed by atoms with Gasteiger partial charge in [-0.15, -0.1) is 0 Å². The Bertz CT molecular complexity index is 1220. The van der Waals surface area contributed by atoms with Gasteiger partial charge in [0.2, 0.25) is 0 Å². The lowest BCUT2D eigenvalue weighted by molar-refractivity contribution is 0.0813. The van der Waals surface area contributed by atoms with Crippen LogP contribution in [-0.2, 0) is 0 Å². The Balaban J connectivity index is 1.18. The van der Waals surface area contributed by atoms with Gasteiger partial charge < -0.3 is 4.98 Å². The molecule has 1 N–H and O–H groups in total. The van der Waals surface area contributed by atoms with Gasteiger partial charge in [-0.05, 0) is 28.3 Å². The SMILES string of the molecule is O=C(CN1CCN(C2c3ccccc3-c3ccccc32)CC1)c1c[nH]c2ccccc12. The number of carbonyl (C=O) groups is 1. The van der Waals surface area contributed by atoms with Gasteiger partial charge in [-0.3, -0.25) is 14.6 Å². The van der Waals surface area contributed by atoms with Gasteiger partial charge in [-0.25, -0.2) is 0 Å². The molecule has 0 spiro atoms. The molecule has 31 heavy (non-hydrogen) atoms. The second kappa shape index (κ2) is 7.49. The van der Waals surface area contributed by atoms with Crippen molar-refractivity contribution in [2.24, 2.45) is 0 Å². The number of H-pyrrole nitrogens is 1. The molecule has 4 heteroatoms. The maximum absolute atomic E-state index is 13.0. The van der Waals surface area contributed by atoms with E-state index in [4.69, 9.17) is 0 Å². The zero-order valence-electron chi connectivity index (χ0n) is 17.4. The van der Waals surface area contributed by atoms with Crippen molar-refractivity contribution in [3.63, 3.8) is 0 Å². The Morgan fingerprint density at radius 3 is 2.13 bits per heavy atom. The van der Waals surface area contributed by atoms with Crippen LogP contribution in [0.15, 0.2) is 79.0 Å². The average Bonchev–Trinajstić information content (AvgIpc) is 3.39. The second-order valence-corrected chi connectivity index (χ2v) is 8.56. The number of nitrogens with zero attached hydrogens (tertiary/aromatic N) is 2. The quantitative estimate of drug-likeness (QED) is 0.497. The van der Waals surface area contributed by atoms with Gasteiger partial charge in [0.1, 0.15) is 0 Å². The number of hydrogen-bond acceptors (Lipinski definition) is 3. The molecule has 1 aliphatic carbocycles. The Morgan fingerprint density at radius 1 is 0.806 bits per heavy atom. The maximum Gasteiger partial charge on any atom is 0.178 e. The molecule has 4 nitrogen and oxygen atoms in total. The standard InChI is InChI=1S/C27H25N3O/c31-26(24-17-28-25-12-6-5-9-21(24)25)18-29-13-15-30(16-14-29)27-22-10-3-1-7-19(22)20-8-2-4-11-23(20)27/h1-12,17,27-28H,13-16,18H2. The van der Waals surface area contributed by atoms with Gasteiger partial charge in [-0.2, -0.15) is 0 Å². The third-order valence-electron chi connectivity index (χ3n) is 6.83. The van der Waals surface area contributed by atoms with E-state index < -0.39 is 0 Å². The van der Waals surface area contributed by atoms with Crippen LogP contribution >= 0.6 is 0 Å². The molecule has 154 valence electrons. The molecule has 1 fully saturated rings. The first-order valence-corrected chi connectivity index (χ1v) is 11.0. The van der Waals surface area contributed by atoms with Crippen LogP contribution in [0.1, 0.15) is 27.5 Å². The van der Waals surface area contributed by atoms with Gasteiger partial charge in [0, 0.05) is 48.8 Å². The van der Waals surface area contributed by atoms with Crippen LogP contribution in [0.25, 0.3) is 22.0 Å². The Hall–Kier alpha value is -3.21. The molecule has 2 heterocycles. The van der Waals surface area contributed by atoms with Crippen molar-refractivity contribution in [2.45, 2.75) is 6.04 Å². The van der Waals surface area contributed by atoms with Crippen molar-refractivity contribution >= 4 is 16.7 Å². The highest BCUT2D eigenvalue weighted by Gasteiger charge is 2.34. The normalized spacial score (nSPS) is 17.0. The summed E-state index contributed by atoms with van der Waals surface area (Å²) in [5.74, 6) is 0.197. The lowest BCUT2D eigenvalue weighted by Crippen LogP contribution is -2.48. The number of aromatic nitrogens is 1. The fourth-order valence-electron chi connectivity index (χ4n) is 5.29. The summed E-state index contributed by atoms with van der Waals surface area (Å²) in [5, 5.41) is 1.02. The minimum absolute atomic E-state index is 0.197. The zero-order chi connectivity index (χ0) is 20.8. The van der Waals surface area contributed by atoms with E-state index in [0.29, 0.717) is 12.6 Å². The average molecular weight is 408 g/mol. The molecular weight excluding hydrogens is 382 g/mol. The van der Waals surface area contributed by atoms with Crippen LogP contribution in [0.5, 0.6) is 0 Å². The molecule has 0 saturated carbocycles. The number of fused-ring (bicyclic) bond motifs is 4. The van der Waals surface area contributed by atoms with Crippen molar-refractivity contribution in [2.75, 3.05) is 32.7 Å². The van der Waals surface area contributed by atoms with Gasteiger partial charge in [0.15, 0.2) is 5.78 Å². The molecule has 4 aromatic rings. The van der Waals surface area contributed by atoms with Crippen molar-refractivity contribution in [3.05, 3.63) is 95.7 Å². The van der Waals surface area contributed by atoms with E-state index in [9.17, 15) is 4.79 Å². The number of piperazine rings is 1. The largest absolute Gasteiger partial charge is 0.360 e. The highest BCUT2D eigenvalue weighted by molar-refractivity contribution is 6.08. The molecule has 0 bridgehead atoms. The van der Waals surface area contributed by atoms with Crippen molar-refractivity contribution in [1.82, 2.24) is 14.8 Å². The number of rotatable bonds is 4. The summed E-state index contributed by atoms with van der Waals surface area (Å²) in [4.78, 5) is 21.1. The summed E-state index contributed by atoms with van der Waals surface area (Å²) in [5.41, 5.74) is 7.37. The molecule has 2 aliphatic rings. The molecule has 0 atom stereocenters. The summed E-state index contributed by atoms with van der Waals surface area (Å²) in [6.07, 6.45) is 1.86. The molecule has 6 rings (SSSR count). The number of Topliss-reactive ketones (excluding diaryl/α,β-unsaturated/α-hetero) is 1. The highest BCUT2D eigenvalue weighted by Crippen LogP contribution is 2.46. The van der Waals surface area contributed by atoms with E-state index in [-0.39, 0.29) is 5.78 Å². The van der Waals surface area contributed by atoms with E-state index in [2.05, 4.69) is 63.3 Å². The predicted octanol–water partition coefficient (Wildman–Crippen LogP) is 4.74. The van der Waals surface area contributed by atoms with Crippen LogP contribution in [0.3, 0.4) is 0 Å². The summed E-state index contributed by atoms with van der Waals surface area (Å²) >= 11 is 0. The molecular formula is C27H25N3O. The minimum Gasteiger partial charge on any atom is -0.360 e. The fraction of sp³-hybridized carbons (Fsp3) is 0.222. The van der Waals surface area contributed by atoms with Crippen molar-refractivity contribution in [3.8, 4) is 11.1 Å². The van der Waals surface area contributed by atoms with E-state index in [1.165, 1.54) is 22.3 Å². The summed E-state index contributed by atoms with van der Waals surface area (Å²) in [6, 6.07) is 25.9. The number of aromatic amines is 1. The third kappa shape index (κ3) is 3.11. The van der Waals surface area contributed by atoms with E-state index in [1.807, 2.05) is 30.5 Å². The Morgan fingerprint density at radius 2 is 1.42 bits per heavy atom. The number of benzene rings is 3. The van der Waals surface area contributed by atoms with Gasteiger partial charge in [-0.1, -0.05) is 66.7 Å². The van der Waals surface area contributed by atoms with E-state index in [1.54, 1.807) is 0 Å². The topological polar surface area (TPSA) is 39.3 Å². The maximum atomic E-state index is 13.0. The van der Waals surface area contributed by atoms with Crippen molar-refractivity contribution < 1.29 is 4.79 Å². The third-order valence-corrected chi connectivity index (χ3v) is 6.83. The molecule has 0 unspecified atom stereocenters.